The van der Waals surface area contributed by atoms with Crippen LogP contribution in [0.2, 0.25) is 0 Å². The minimum absolute atomic E-state index is 0.220. The first-order valence-electron chi connectivity index (χ1n) is 7.21. The largest absolute Gasteiger partial charge is 0.466 e. The Morgan fingerprint density at radius 3 is 2.58 bits per heavy atom. The molecule has 0 bridgehead atoms. The maximum atomic E-state index is 11.3. The van der Waals surface area contributed by atoms with Crippen LogP contribution in [-0.4, -0.2) is 50.7 Å². The van der Waals surface area contributed by atoms with E-state index in [9.17, 15) is 4.79 Å². The van der Waals surface area contributed by atoms with E-state index in [2.05, 4.69) is 31.1 Å². The van der Waals surface area contributed by atoms with Gasteiger partial charge in [-0.25, -0.2) is 4.79 Å². The van der Waals surface area contributed by atoms with Gasteiger partial charge in [0.05, 0.1) is 7.11 Å². The minimum atomic E-state index is -0.220. The zero-order valence-electron chi connectivity index (χ0n) is 13.2. The molecule has 0 aromatic heterocycles. The van der Waals surface area contributed by atoms with Crippen LogP contribution in [0.15, 0.2) is 11.6 Å². The summed E-state index contributed by atoms with van der Waals surface area (Å²) in [5.74, 6) is -0.220. The third-order valence-corrected chi connectivity index (χ3v) is 3.32. The summed E-state index contributed by atoms with van der Waals surface area (Å²) in [6, 6.07) is 0.614. The van der Waals surface area contributed by atoms with E-state index in [0.29, 0.717) is 12.5 Å². The van der Waals surface area contributed by atoms with Crippen molar-refractivity contribution >= 4 is 5.97 Å². The number of nitrogens with one attached hydrogen (secondary N) is 1. The molecule has 19 heavy (non-hydrogen) atoms. The highest BCUT2D eigenvalue weighted by Gasteiger charge is 2.05. The molecule has 0 saturated carbocycles. The Morgan fingerprint density at radius 1 is 1.37 bits per heavy atom. The second-order valence-corrected chi connectivity index (χ2v) is 5.06. The van der Waals surface area contributed by atoms with Gasteiger partial charge in [-0.3, -0.25) is 0 Å². The lowest BCUT2D eigenvalue weighted by atomic mass is 10.2. The molecule has 0 aromatic rings. The standard InChI is InChI=1S/C15H30N2O2/c1-6-14(15(18)19-5)9-11-16-10-7-8-12-17(4)13(2)3/h9,13,16H,6-8,10-12H2,1-5H3. The highest BCUT2D eigenvalue weighted by Crippen LogP contribution is 2.02. The number of nitrogens with zero attached hydrogens (tertiary/aromatic N) is 1. The number of hydrogen-bond acceptors (Lipinski definition) is 4. The smallest absolute Gasteiger partial charge is 0.333 e. The molecule has 0 heterocycles. The van der Waals surface area contributed by atoms with Crippen LogP contribution >= 0.6 is 0 Å². The van der Waals surface area contributed by atoms with Crippen LogP contribution in [0.3, 0.4) is 0 Å². The molecule has 0 aromatic carbocycles. The van der Waals surface area contributed by atoms with E-state index < -0.39 is 0 Å². The number of carbonyl (C=O) groups excluding carboxylic acids is 1. The zero-order valence-corrected chi connectivity index (χ0v) is 13.2. The van der Waals surface area contributed by atoms with Gasteiger partial charge in [0.15, 0.2) is 0 Å². The third kappa shape index (κ3) is 8.78. The van der Waals surface area contributed by atoms with Crippen molar-refractivity contribution in [2.45, 2.75) is 46.1 Å². The quantitative estimate of drug-likeness (QED) is 0.375. The summed E-state index contributed by atoms with van der Waals surface area (Å²) in [6.07, 6.45) is 4.99. The van der Waals surface area contributed by atoms with Crippen LogP contribution in [0.4, 0.5) is 0 Å². The lowest BCUT2D eigenvalue weighted by molar-refractivity contribution is -0.136. The van der Waals surface area contributed by atoms with Crippen LogP contribution < -0.4 is 5.32 Å². The van der Waals surface area contributed by atoms with Crippen molar-refractivity contribution in [1.29, 1.82) is 0 Å². The average Bonchev–Trinajstić information content (AvgIpc) is 2.40. The van der Waals surface area contributed by atoms with Crippen molar-refractivity contribution in [1.82, 2.24) is 10.2 Å². The van der Waals surface area contributed by atoms with E-state index in [1.807, 2.05) is 13.0 Å². The van der Waals surface area contributed by atoms with Gasteiger partial charge < -0.3 is 15.0 Å². The molecule has 0 unspecified atom stereocenters. The molecular formula is C15H30N2O2. The first-order valence-corrected chi connectivity index (χ1v) is 7.21. The van der Waals surface area contributed by atoms with Gasteiger partial charge in [0.2, 0.25) is 0 Å². The summed E-state index contributed by atoms with van der Waals surface area (Å²) >= 11 is 0. The predicted octanol–water partition coefficient (Wildman–Crippen LogP) is 2.21. The Kier molecular flexibility index (Phi) is 10.5. The van der Waals surface area contributed by atoms with Crippen molar-refractivity contribution in [2.75, 3.05) is 33.8 Å². The Hall–Kier alpha value is -0.870. The molecule has 112 valence electrons. The molecule has 0 amide bonds. The van der Waals surface area contributed by atoms with E-state index >= 15 is 0 Å². The fraction of sp³-hybridized carbons (Fsp3) is 0.800. The Labute approximate surface area is 118 Å². The Bertz CT molecular complexity index is 275. The van der Waals surface area contributed by atoms with Gasteiger partial charge in [-0.1, -0.05) is 13.0 Å². The third-order valence-electron chi connectivity index (χ3n) is 3.32. The number of carbonyl (C=O) groups is 1. The average molecular weight is 270 g/mol. The molecule has 0 aliphatic rings. The molecule has 0 atom stereocenters. The Balaban J connectivity index is 3.64. The summed E-state index contributed by atoms with van der Waals surface area (Å²) in [7, 11) is 3.58. The maximum absolute atomic E-state index is 11.3. The second-order valence-electron chi connectivity index (χ2n) is 5.06. The monoisotopic (exact) mass is 270 g/mol. The van der Waals surface area contributed by atoms with Crippen molar-refractivity contribution in [3.8, 4) is 0 Å². The predicted molar refractivity (Wildman–Crippen MR) is 80.3 cm³/mol. The van der Waals surface area contributed by atoms with E-state index in [1.165, 1.54) is 13.5 Å². The normalized spacial score (nSPS) is 12.3. The van der Waals surface area contributed by atoms with Gasteiger partial charge >= 0.3 is 5.97 Å². The fourth-order valence-electron chi connectivity index (χ4n) is 1.67. The van der Waals surface area contributed by atoms with Crippen LogP contribution in [0.5, 0.6) is 0 Å². The van der Waals surface area contributed by atoms with Crippen LogP contribution in [0.25, 0.3) is 0 Å². The molecule has 4 heteroatoms. The van der Waals surface area contributed by atoms with E-state index in [4.69, 9.17) is 4.74 Å². The van der Waals surface area contributed by atoms with Gasteiger partial charge in [0, 0.05) is 18.2 Å². The van der Waals surface area contributed by atoms with E-state index in [0.717, 1.165) is 31.6 Å². The first-order chi connectivity index (χ1) is 9.02. The SMILES string of the molecule is CCC(=CCNCCCCN(C)C(C)C)C(=O)OC. The van der Waals surface area contributed by atoms with Crippen LogP contribution in [-0.2, 0) is 9.53 Å². The van der Waals surface area contributed by atoms with Crippen LogP contribution in [0, 0.1) is 0 Å². The molecule has 0 radical (unpaired) electrons. The molecule has 0 aliphatic heterocycles. The molecule has 0 rings (SSSR count). The number of ether oxygens (including phenoxy) is 1. The van der Waals surface area contributed by atoms with E-state index in [1.54, 1.807) is 0 Å². The summed E-state index contributed by atoms with van der Waals surface area (Å²) in [4.78, 5) is 13.7. The molecule has 0 aliphatic carbocycles. The van der Waals surface area contributed by atoms with Crippen molar-refractivity contribution in [3.63, 3.8) is 0 Å². The number of esters is 1. The van der Waals surface area contributed by atoms with Gasteiger partial charge in [-0.05, 0) is 53.2 Å². The summed E-state index contributed by atoms with van der Waals surface area (Å²) < 4.78 is 4.71. The maximum Gasteiger partial charge on any atom is 0.333 e. The lowest BCUT2D eigenvalue weighted by Gasteiger charge is -2.20. The molecule has 0 saturated heterocycles. The summed E-state index contributed by atoms with van der Waals surface area (Å²) in [6.45, 7) is 9.24. The van der Waals surface area contributed by atoms with Gasteiger partial charge in [-0.2, -0.15) is 0 Å². The Morgan fingerprint density at radius 2 is 2.05 bits per heavy atom. The zero-order chi connectivity index (χ0) is 14.7. The minimum Gasteiger partial charge on any atom is -0.466 e. The lowest BCUT2D eigenvalue weighted by Crippen LogP contribution is -2.28. The highest BCUT2D eigenvalue weighted by atomic mass is 16.5. The molecule has 4 nitrogen and oxygen atoms in total. The molecular weight excluding hydrogens is 240 g/mol. The second kappa shape index (κ2) is 11.0. The van der Waals surface area contributed by atoms with Gasteiger partial charge in [-0.15, -0.1) is 0 Å². The number of methoxy groups -OCH3 is 1. The van der Waals surface area contributed by atoms with Crippen molar-refractivity contribution in [2.24, 2.45) is 0 Å². The first kappa shape index (κ1) is 18.1. The highest BCUT2D eigenvalue weighted by molar-refractivity contribution is 5.88. The fourth-order valence-corrected chi connectivity index (χ4v) is 1.67. The molecule has 1 N–H and O–H groups in total. The van der Waals surface area contributed by atoms with Gasteiger partial charge in [0.25, 0.3) is 0 Å². The number of hydrogen-bond donors (Lipinski definition) is 1. The van der Waals surface area contributed by atoms with Crippen molar-refractivity contribution in [3.05, 3.63) is 11.6 Å². The van der Waals surface area contributed by atoms with Gasteiger partial charge in [0.1, 0.15) is 0 Å². The number of unbranched alkanes of at least 4 members (excludes halogenated alkanes) is 1. The topological polar surface area (TPSA) is 41.6 Å². The van der Waals surface area contributed by atoms with Crippen LogP contribution in [0.1, 0.15) is 40.0 Å². The van der Waals surface area contributed by atoms with E-state index in [-0.39, 0.29) is 5.97 Å². The number of rotatable bonds is 10. The molecule has 0 spiro atoms. The molecule has 0 fully saturated rings. The summed E-state index contributed by atoms with van der Waals surface area (Å²) in [5.41, 5.74) is 0.745. The van der Waals surface area contributed by atoms with Crippen molar-refractivity contribution < 1.29 is 9.53 Å². The summed E-state index contributed by atoms with van der Waals surface area (Å²) in [5, 5.41) is 3.33.